The van der Waals surface area contributed by atoms with Gasteiger partial charge in [0.25, 0.3) is 0 Å². The number of carbonyl (C=O) groups is 1. The van der Waals surface area contributed by atoms with E-state index in [9.17, 15) is 4.79 Å². The van der Waals surface area contributed by atoms with E-state index in [1.54, 1.807) is 0 Å². The van der Waals surface area contributed by atoms with Crippen LogP contribution >= 0.6 is 0 Å². The van der Waals surface area contributed by atoms with E-state index in [2.05, 4.69) is 27.7 Å². The molecule has 1 saturated heterocycles. The third-order valence-electron chi connectivity index (χ3n) is 4.59. The number of aromatic amines is 1. The summed E-state index contributed by atoms with van der Waals surface area (Å²) in [5, 5.41) is 10.0. The van der Waals surface area contributed by atoms with Crippen molar-refractivity contribution >= 4 is 6.03 Å². The normalized spacial score (nSPS) is 25.8. The molecule has 0 aromatic carbocycles. The molecule has 114 valence electrons. The van der Waals surface area contributed by atoms with E-state index in [-0.39, 0.29) is 12.1 Å². The number of allylic oxidation sites excluding steroid dienone is 2. The Hall–Kier alpha value is -1.78. The summed E-state index contributed by atoms with van der Waals surface area (Å²) in [6, 6.07) is 0.249. The first-order valence-electron chi connectivity index (χ1n) is 8.03. The van der Waals surface area contributed by atoms with Crippen LogP contribution in [0, 0.1) is 5.92 Å². The average molecular weight is 288 g/mol. The zero-order valence-electron chi connectivity index (χ0n) is 12.4. The van der Waals surface area contributed by atoms with Crippen molar-refractivity contribution in [3.8, 4) is 0 Å². The molecule has 1 aromatic rings. The number of rotatable bonds is 3. The SMILES string of the molecule is O=C(NC[C@H]1CC=CCC1)N1CCCC[C@@H]1c1cn[nH]c1. The number of hydrogen-bond acceptors (Lipinski definition) is 2. The maximum absolute atomic E-state index is 12.5. The van der Waals surface area contributed by atoms with Crippen molar-refractivity contribution in [1.29, 1.82) is 0 Å². The predicted octanol–water partition coefficient (Wildman–Crippen LogP) is 3.00. The van der Waals surface area contributed by atoms with Crippen LogP contribution in [-0.2, 0) is 0 Å². The van der Waals surface area contributed by atoms with Crippen molar-refractivity contribution in [2.45, 2.75) is 44.6 Å². The largest absolute Gasteiger partial charge is 0.338 e. The third kappa shape index (κ3) is 3.46. The summed E-state index contributed by atoms with van der Waals surface area (Å²) >= 11 is 0. The summed E-state index contributed by atoms with van der Waals surface area (Å²) in [4.78, 5) is 14.5. The van der Waals surface area contributed by atoms with Gasteiger partial charge in [0.15, 0.2) is 0 Å². The van der Waals surface area contributed by atoms with E-state index in [1.807, 2.05) is 17.3 Å². The van der Waals surface area contributed by atoms with Gasteiger partial charge in [-0.05, 0) is 44.4 Å². The molecular weight excluding hydrogens is 264 g/mol. The lowest BCUT2D eigenvalue weighted by molar-refractivity contribution is 0.150. The lowest BCUT2D eigenvalue weighted by Crippen LogP contribution is -2.45. The quantitative estimate of drug-likeness (QED) is 0.840. The van der Waals surface area contributed by atoms with Gasteiger partial charge in [-0.2, -0.15) is 5.10 Å². The van der Waals surface area contributed by atoms with Crippen molar-refractivity contribution in [3.05, 3.63) is 30.1 Å². The molecule has 5 heteroatoms. The van der Waals surface area contributed by atoms with E-state index in [1.165, 1.54) is 12.8 Å². The monoisotopic (exact) mass is 288 g/mol. The lowest BCUT2D eigenvalue weighted by atomic mass is 9.94. The molecule has 5 nitrogen and oxygen atoms in total. The van der Waals surface area contributed by atoms with Crippen LogP contribution < -0.4 is 5.32 Å². The van der Waals surface area contributed by atoms with Gasteiger partial charge in [0, 0.05) is 24.8 Å². The van der Waals surface area contributed by atoms with Crippen LogP contribution in [0.5, 0.6) is 0 Å². The summed E-state index contributed by atoms with van der Waals surface area (Å²) in [7, 11) is 0. The highest BCUT2D eigenvalue weighted by Crippen LogP contribution is 2.30. The summed E-state index contributed by atoms with van der Waals surface area (Å²) in [5.74, 6) is 0.594. The fourth-order valence-electron chi connectivity index (χ4n) is 3.34. The van der Waals surface area contributed by atoms with Crippen molar-refractivity contribution in [3.63, 3.8) is 0 Å². The number of nitrogens with one attached hydrogen (secondary N) is 2. The first-order chi connectivity index (χ1) is 10.3. The third-order valence-corrected chi connectivity index (χ3v) is 4.59. The molecule has 1 aromatic heterocycles. The minimum atomic E-state index is 0.0791. The standard InChI is InChI=1S/C16H24N4O/c21-16(17-10-13-6-2-1-3-7-13)20-9-5-4-8-15(20)14-11-18-19-12-14/h1-2,11-13,15H,3-10H2,(H,17,21)(H,18,19)/t13-,15+/m0/s1. The molecule has 2 heterocycles. The summed E-state index contributed by atoms with van der Waals surface area (Å²) in [6.07, 6.45) is 14.9. The molecule has 21 heavy (non-hydrogen) atoms. The van der Waals surface area contributed by atoms with Crippen molar-refractivity contribution in [2.24, 2.45) is 5.92 Å². The first kappa shape index (κ1) is 14.2. The van der Waals surface area contributed by atoms with Gasteiger partial charge < -0.3 is 10.2 Å². The number of likely N-dealkylation sites (tertiary alicyclic amines) is 1. The Morgan fingerprint density at radius 1 is 1.38 bits per heavy atom. The maximum Gasteiger partial charge on any atom is 0.317 e. The second kappa shape index (κ2) is 6.78. The zero-order valence-corrected chi connectivity index (χ0v) is 12.4. The van der Waals surface area contributed by atoms with Gasteiger partial charge in [0.05, 0.1) is 12.2 Å². The molecule has 2 aliphatic rings. The number of amides is 2. The minimum Gasteiger partial charge on any atom is -0.338 e. The fraction of sp³-hybridized carbons (Fsp3) is 0.625. The number of aromatic nitrogens is 2. The smallest absolute Gasteiger partial charge is 0.317 e. The molecular formula is C16H24N4O. The van der Waals surface area contributed by atoms with Gasteiger partial charge in [-0.1, -0.05) is 12.2 Å². The van der Waals surface area contributed by atoms with Crippen LogP contribution in [-0.4, -0.2) is 34.2 Å². The topological polar surface area (TPSA) is 61.0 Å². The number of carbonyl (C=O) groups excluding carboxylic acids is 1. The summed E-state index contributed by atoms with van der Waals surface area (Å²) < 4.78 is 0. The number of urea groups is 1. The Kier molecular flexibility index (Phi) is 4.58. The first-order valence-corrected chi connectivity index (χ1v) is 8.03. The Bertz CT molecular complexity index is 482. The van der Waals surface area contributed by atoms with E-state index in [0.717, 1.165) is 44.3 Å². The van der Waals surface area contributed by atoms with Gasteiger partial charge >= 0.3 is 6.03 Å². The average Bonchev–Trinajstić information content (AvgIpc) is 3.08. The van der Waals surface area contributed by atoms with Gasteiger partial charge in [-0.3, -0.25) is 5.10 Å². The second-order valence-electron chi connectivity index (χ2n) is 6.07. The molecule has 2 amide bonds. The number of piperidine rings is 1. The molecule has 2 N–H and O–H groups in total. The second-order valence-corrected chi connectivity index (χ2v) is 6.07. The van der Waals surface area contributed by atoms with Gasteiger partial charge in [-0.25, -0.2) is 4.79 Å². The number of H-pyrrole nitrogens is 1. The molecule has 2 atom stereocenters. The molecule has 0 bridgehead atoms. The van der Waals surface area contributed by atoms with Crippen LogP contribution in [0.2, 0.25) is 0 Å². The zero-order chi connectivity index (χ0) is 14.5. The van der Waals surface area contributed by atoms with E-state index in [0.29, 0.717) is 5.92 Å². The van der Waals surface area contributed by atoms with Crippen molar-refractivity contribution in [1.82, 2.24) is 20.4 Å². The van der Waals surface area contributed by atoms with E-state index >= 15 is 0 Å². The van der Waals surface area contributed by atoms with E-state index in [4.69, 9.17) is 0 Å². The molecule has 0 unspecified atom stereocenters. The maximum atomic E-state index is 12.5. The molecule has 0 radical (unpaired) electrons. The van der Waals surface area contributed by atoms with Crippen LogP contribution in [0.15, 0.2) is 24.5 Å². The minimum absolute atomic E-state index is 0.0791. The summed E-state index contributed by atoms with van der Waals surface area (Å²) in [5.41, 5.74) is 1.12. The highest BCUT2D eigenvalue weighted by atomic mass is 16.2. The Morgan fingerprint density at radius 2 is 2.33 bits per heavy atom. The lowest BCUT2D eigenvalue weighted by Gasteiger charge is -2.35. The van der Waals surface area contributed by atoms with E-state index < -0.39 is 0 Å². The van der Waals surface area contributed by atoms with Crippen LogP contribution in [0.3, 0.4) is 0 Å². The van der Waals surface area contributed by atoms with Crippen LogP contribution in [0.4, 0.5) is 4.79 Å². The summed E-state index contributed by atoms with van der Waals surface area (Å²) in [6.45, 7) is 1.63. The molecule has 3 rings (SSSR count). The van der Waals surface area contributed by atoms with Crippen LogP contribution in [0.25, 0.3) is 0 Å². The Labute approximate surface area is 125 Å². The van der Waals surface area contributed by atoms with Gasteiger partial charge in [0.1, 0.15) is 0 Å². The van der Waals surface area contributed by atoms with Crippen LogP contribution in [0.1, 0.15) is 50.1 Å². The molecule has 0 saturated carbocycles. The van der Waals surface area contributed by atoms with Gasteiger partial charge in [-0.15, -0.1) is 0 Å². The van der Waals surface area contributed by atoms with Crippen molar-refractivity contribution in [2.75, 3.05) is 13.1 Å². The van der Waals surface area contributed by atoms with Crippen molar-refractivity contribution < 1.29 is 4.79 Å². The predicted molar refractivity (Wildman–Crippen MR) is 81.8 cm³/mol. The number of hydrogen-bond donors (Lipinski definition) is 2. The molecule has 1 fully saturated rings. The molecule has 1 aliphatic carbocycles. The molecule has 1 aliphatic heterocycles. The Morgan fingerprint density at radius 3 is 3.10 bits per heavy atom. The Balaban J connectivity index is 1.57. The number of nitrogens with zero attached hydrogens (tertiary/aromatic N) is 2. The van der Waals surface area contributed by atoms with Gasteiger partial charge in [0.2, 0.25) is 0 Å². The highest BCUT2D eigenvalue weighted by molar-refractivity contribution is 5.74. The molecule has 0 spiro atoms. The fourth-order valence-corrected chi connectivity index (χ4v) is 3.34. The highest BCUT2D eigenvalue weighted by Gasteiger charge is 2.28.